The van der Waals surface area contributed by atoms with Crippen LogP contribution in [0.5, 0.6) is 11.5 Å². The van der Waals surface area contributed by atoms with E-state index in [-0.39, 0.29) is 11.3 Å². The number of hydrogen-bond donors (Lipinski definition) is 1. The van der Waals surface area contributed by atoms with Gasteiger partial charge in [-0.05, 0) is 41.5 Å². The Morgan fingerprint density at radius 3 is 2.33 bits per heavy atom. The highest BCUT2D eigenvalue weighted by molar-refractivity contribution is 5.74. The van der Waals surface area contributed by atoms with Crippen LogP contribution in [0.25, 0.3) is 22.4 Å². The lowest BCUT2D eigenvalue weighted by atomic mass is 9.99. The molecule has 4 aromatic rings. The first-order valence-electron chi connectivity index (χ1n) is 9.41. The average Bonchev–Trinajstić information content (AvgIpc) is 2.80. The van der Waals surface area contributed by atoms with Crippen LogP contribution in [0.4, 0.5) is 4.39 Å². The van der Waals surface area contributed by atoms with E-state index < -0.39 is 5.82 Å². The molecule has 1 heterocycles. The smallest absolute Gasteiger partial charge is 0.167 e. The number of benzene rings is 3. The Hall–Kier alpha value is -4.01. The summed E-state index contributed by atoms with van der Waals surface area (Å²) in [5, 5.41) is 9.62. The average molecular weight is 395 g/mol. The minimum atomic E-state index is -0.645. The molecule has 30 heavy (non-hydrogen) atoms. The molecule has 3 aromatic carbocycles. The largest absolute Gasteiger partial charge is 0.457 e. The molecule has 0 aliphatic rings. The van der Waals surface area contributed by atoms with Crippen molar-refractivity contribution < 1.29 is 9.13 Å². The number of pyridine rings is 1. The van der Waals surface area contributed by atoms with Crippen LogP contribution in [-0.4, -0.2) is 4.98 Å². The highest BCUT2D eigenvalue weighted by atomic mass is 19.1. The summed E-state index contributed by atoms with van der Waals surface area (Å²) >= 11 is 0. The van der Waals surface area contributed by atoms with Crippen molar-refractivity contribution in [2.75, 3.05) is 0 Å². The van der Waals surface area contributed by atoms with Crippen LogP contribution < -0.4 is 10.5 Å². The number of nitriles is 1. The fourth-order valence-corrected chi connectivity index (χ4v) is 3.19. The molecule has 0 fully saturated rings. The molecule has 2 N–H and O–H groups in total. The molecule has 0 amide bonds. The maximum Gasteiger partial charge on any atom is 0.167 e. The molecule has 4 rings (SSSR count). The number of aromatic nitrogens is 1. The van der Waals surface area contributed by atoms with Crippen LogP contribution >= 0.6 is 0 Å². The molecular weight excluding hydrogens is 377 g/mol. The SMILES string of the molecule is N#Cc1c(-c2ccc(Oc3ccccc3)cc2)cnc(-c2cccc(CN)c2)c1F. The van der Waals surface area contributed by atoms with E-state index in [1.807, 2.05) is 42.5 Å². The molecule has 0 saturated carbocycles. The topological polar surface area (TPSA) is 71.9 Å². The van der Waals surface area contributed by atoms with Gasteiger partial charge >= 0.3 is 0 Å². The van der Waals surface area contributed by atoms with Crippen molar-refractivity contribution in [2.45, 2.75) is 6.54 Å². The van der Waals surface area contributed by atoms with Gasteiger partial charge in [-0.3, -0.25) is 4.98 Å². The first kappa shape index (κ1) is 19.3. The fraction of sp³-hybridized carbons (Fsp3) is 0.0400. The Kier molecular flexibility index (Phi) is 5.51. The zero-order chi connectivity index (χ0) is 20.9. The summed E-state index contributed by atoms with van der Waals surface area (Å²) in [6, 6.07) is 25.7. The van der Waals surface area contributed by atoms with E-state index in [1.54, 1.807) is 42.5 Å². The quantitative estimate of drug-likeness (QED) is 0.472. The monoisotopic (exact) mass is 395 g/mol. The Labute approximate surface area is 174 Å². The molecule has 0 aliphatic heterocycles. The molecule has 0 saturated heterocycles. The summed E-state index contributed by atoms with van der Waals surface area (Å²) in [7, 11) is 0. The summed E-state index contributed by atoms with van der Waals surface area (Å²) in [4.78, 5) is 4.30. The van der Waals surface area contributed by atoms with Gasteiger partial charge in [0.1, 0.15) is 23.3 Å². The zero-order valence-corrected chi connectivity index (χ0v) is 16.0. The van der Waals surface area contributed by atoms with Crippen LogP contribution in [0.3, 0.4) is 0 Å². The lowest BCUT2D eigenvalue weighted by Gasteiger charge is -2.11. The zero-order valence-electron chi connectivity index (χ0n) is 16.0. The Morgan fingerprint density at radius 1 is 0.900 bits per heavy atom. The Balaban J connectivity index is 1.68. The van der Waals surface area contributed by atoms with E-state index in [0.717, 1.165) is 11.3 Å². The number of nitrogens with zero attached hydrogens (tertiary/aromatic N) is 2. The lowest BCUT2D eigenvalue weighted by molar-refractivity contribution is 0.483. The van der Waals surface area contributed by atoms with Crippen molar-refractivity contribution in [3.8, 4) is 40.0 Å². The van der Waals surface area contributed by atoms with Gasteiger partial charge in [-0.2, -0.15) is 5.26 Å². The molecule has 0 atom stereocenters. The van der Waals surface area contributed by atoms with Gasteiger partial charge in [-0.1, -0.05) is 48.5 Å². The third-order valence-electron chi connectivity index (χ3n) is 4.71. The molecule has 0 aliphatic carbocycles. The first-order chi connectivity index (χ1) is 14.7. The maximum absolute atomic E-state index is 15.2. The highest BCUT2D eigenvalue weighted by Gasteiger charge is 2.17. The summed E-state index contributed by atoms with van der Waals surface area (Å²) in [6.45, 7) is 0.343. The van der Waals surface area contributed by atoms with E-state index in [2.05, 4.69) is 4.98 Å². The fourth-order valence-electron chi connectivity index (χ4n) is 3.19. The summed E-state index contributed by atoms with van der Waals surface area (Å²) in [5.74, 6) is 0.723. The van der Waals surface area contributed by atoms with Crippen LogP contribution in [0.2, 0.25) is 0 Å². The molecular formula is C25H18FN3O. The predicted octanol–water partition coefficient (Wildman–Crippen LogP) is 5.68. The number of hydrogen-bond acceptors (Lipinski definition) is 4. The van der Waals surface area contributed by atoms with E-state index >= 15 is 4.39 Å². The maximum atomic E-state index is 15.2. The number of para-hydroxylation sites is 1. The second kappa shape index (κ2) is 8.56. The van der Waals surface area contributed by atoms with E-state index in [9.17, 15) is 5.26 Å². The van der Waals surface area contributed by atoms with Crippen molar-refractivity contribution in [3.63, 3.8) is 0 Å². The van der Waals surface area contributed by atoms with Gasteiger partial charge < -0.3 is 10.5 Å². The van der Waals surface area contributed by atoms with Crippen molar-refractivity contribution in [3.05, 3.63) is 102 Å². The number of halogens is 1. The Morgan fingerprint density at radius 2 is 1.63 bits per heavy atom. The van der Waals surface area contributed by atoms with E-state index in [0.29, 0.717) is 29.0 Å². The minimum absolute atomic E-state index is 0.0464. The third kappa shape index (κ3) is 3.90. The molecule has 0 radical (unpaired) electrons. The van der Waals surface area contributed by atoms with Gasteiger partial charge in [0.25, 0.3) is 0 Å². The van der Waals surface area contributed by atoms with Gasteiger partial charge in [0.15, 0.2) is 5.82 Å². The van der Waals surface area contributed by atoms with E-state index in [4.69, 9.17) is 10.5 Å². The lowest BCUT2D eigenvalue weighted by Crippen LogP contribution is -1.99. The van der Waals surface area contributed by atoms with E-state index in [1.165, 1.54) is 6.20 Å². The second-order valence-corrected chi connectivity index (χ2v) is 6.67. The van der Waals surface area contributed by atoms with Crippen LogP contribution in [0.1, 0.15) is 11.1 Å². The normalized spacial score (nSPS) is 10.4. The molecule has 1 aromatic heterocycles. The first-order valence-corrected chi connectivity index (χ1v) is 9.41. The molecule has 5 heteroatoms. The van der Waals surface area contributed by atoms with Crippen LogP contribution in [-0.2, 0) is 6.54 Å². The summed E-state index contributed by atoms with van der Waals surface area (Å²) in [6.07, 6.45) is 1.53. The van der Waals surface area contributed by atoms with Crippen molar-refractivity contribution >= 4 is 0 Å². The van der Waals surface area contributed by atoms with Crippen molar-refractivity contribution in [2.24, 2.45) is 5.73 Å². The second-order valence-electron chi connectivity index (χ2n) is 6.67. The predicted molar refractivity (Wildman–Crippen MR) is 114 cm³/mol. The molecule has 146 valence electrons. The summed E-state index contributed by atoms with van der Waals surface area (Å²) < 4.78 is 20.9. The van der Waals surface area contributed by atoms with Gasteiger partial charge in [-0.25, -0.2) is 4.39 Å². The van der Waals surface area contributed by atoms with Crippen molar-refractivity contribution in [1.82, 2.24) is 4.98 Å². The molecule has 4 nitrogen and oxygen atoms in total. The Bertz CT molecular complexity index is 1220. The third-order valence-corrected chi connectivity index (χ3v) is 4.71. The number of rotatable bonds is 5. The number of ether oxygens (including phenoxy) is 1. The van der Waals surface area contributed by atoms with Crippen molar-refractivity contribution in [1.29, 1.82) is 5.26 Å². The van der Waals surface area contributed by atoms with Gasteiger partial charge in [0.2, 0.25) is 0 Å². The van der Waals surface area contributed by atoms with Crippen LogP contribution in [0, 0.1) is 17.1 Å². The number of nitrogens with two attached hydrogens (primary N) is 1. The molecule has 0 unspecified atom stereocenters. The molecule has 0 spiro atoms. The van der Waals surface area contributed by atoms with Gasteiger partial charge in [0.05, 0.1) is 5.56 Å². The minimum Gasteiger partial charge on any atom is -0.457 e. The van der Waals surface area contributed by atoms with Gasteiger partial charge in [0, 0.05) is 23.9 Å². The summed E-state index contributed by atoms with van der Waals surface area (Å²) in [5.41, 5.74) is 8.33. The highest BCUT2D eigenvalue weighted by Crippen LogP contribution is 2.32. The standard InChI is InChI=1S/C25H18FN3O/c26-24-22(15-28)23(16-29-25(24)19-6-4-5-17(13-19)14-27)18-9-11-21(12-10-18)30-20-7-2-1-3-8-20/h1-13,16H,14,27H2. The van der Waals surface area contributed by atoms with Gasteiger partial charge in [-0.15, -0.1) is 0 Å². The van der Waals surface area contributed by atoms with Crippen LogP contribution in [0.15, 0.2) is 85.1 Å². The molecule has 0 bridgehead atoms.